The number of carbonyl (C=O) groups is 2. The highest BCUT2D eigenvalue weighted by Gasteiger charge is 2.22. The molecular formula is C12H15Cl2N3O3. The summed E-state index contributed by atoms with van der Waals surface area (Å²) in [5.74, 6) is 0. The second kappa shape index (κ2) is 7.33. The first kappa shape index (κ1) is 16.6. The highest BCUT2D eigenvalue weighted by atomic mass is 35.5. The van der Waals surface area contributed by atoms with Gasteiger partial charge in [-0.25, -0.2) is 14.5 Å². The number of primary amides is 1. The Morgan fingerprint density at radius 3 is 2.55 bits per heavy atom. The number of ether oxygens (including phenoxy) is 1. The Bertz CT molecular complexity index is 511. The number of carbonyl (C=O) groups excluding carboxylic acids is 2. The molecule has 0 aliphatic carbocycles. The Labute approximate surface area is 126 Å². The predicted octanol–water partition coefficient (Wildman–Crippen LogP) is 2.01. The van der Waals surface area contributed by atoms with Gasteiger partial charge in [0.25, 0.3) is 0 Å². The quantitative estimate of drug-likeness (QED) is 0.886. The maximum absolute atomic E-state index is 11.4. The molecule has 20 heavy (non-hydrogen) atoms. The van der Waals surface area contributed by atoms with Crippen LogP contribution in [-0.4, -0.2) is 36.7 Å². The van der Waals surface area contributed by atoms with E-state index in [2.05, 4.69) is 4.74 Å². The SMILES string of the molecule is COC(=O)N(C[C@H](N)Cc1ccc(Cl)cc1Cl)C(N)=O. The summed E-state index contributed by atoms with van der Waals surface area (Å²) in [6, 6.07) is 3.56. The lowest BCUT2D eigenvalue weighted by Gasteiger charge is -2.21. The fraction of sp³-hybridized carbons (Fsp3) is 0.333. The van der Waals surface area contributed by atoms with Crippen molar-refractivity contribution in [3.8, 4) is 0 Å². The van der Waals surface area contributed by atoms with Gasteiger partial charge in [0.1, 0.15) is 0 Å². The lowest BCUT2D eigenvalue weighted by molar-refractivity contribution is 0.129. The number of nitrogens with zero attached hydrogens (tertiary/aromatic N) is 1. The van der Waals surface area contributed by atoms with Crippen LogP contribution in [0.5, 0.6) is 0 Å². The lowest BCUT2D eigenvalue weighted by atomic mass is 10.1. The Morgan fingerprint density at radius 1 is 1.40 bits per heavy atom. The zero-order valence-electron chi connectivity index (χ0n) is 10.8. The summed E-state index contributed by atoms with van der Waals surface area (Å²) in [5, 5.41) is 0.984. The second-order valence-electron chi connectivity index (χ2n) is 4.12. The third-order valence-electron chi connectivity index (χ3n) is 2.58. The van der Waals surface area contributed by atoms with E-state index in [1.165, 1.54) is 0 Å². The number of imide groups is 1. The molecule has 1 rings (SSSR count). The van der Waals surface area contributed by atoms with Crippen LogP contribution >= 0.6 is 23.2 Å². The number of methoxy groups -OCH3 is 1. The van der Waals surface area contributed by atoms with Gasteiger partial charge in [-0.05, 0) is 24.1 Å². The van der Waals surface area contributed by atoms with E-state index in [0.29, 0.717) is 16.5 Å². The molecule has 1 aromatic rings. The van der Waals surface area contributed by atoms with E-state index in [4.69, 9.17) is 34.7 Å². The molecule has 0 saturated carbocycles. The van der Waals surface area contributed by atoms with Crippen molar-refractivity contribution in [2.75, 3.05) is 13.7 Å². The summed E-state index contributed by atoms with van der Waals surface area (Å²) < 4.78 is 4.45. The van der Waals surface area contributed by atoms with Gasteiger partial charge in [0.15, 0.2) is 0 Å². The van der Waals surface area contributed by atoms with Crippen LogP contribution in [0.3, 0.4) is 0 Å². The summed E-state index contributed by atoms with van der Waals surface area (Å²) in [6.45, 7) is -0.0685. The van der Waals surface area contributed by atoms with E-state index < -0.39 is 18.2 Å². The Balaban J connectivity index is 2.72. The number of amides is 3. The number of nitrogens with two attached hydrogens (primary N) is 2. The minimum Gasteiger partial charge on any atom is -0.452 e. The van der Waals surface area contributed by atoms with E-state index in [-0.39, 0.29) is 6.54 Å². The van der Waals surface area contributed by atoms with Crippen LogP contribution in [0.4, 0.5) is 9.59 Å². The zero-order valence-corrected chi connectivity index (χ0v) is 12.3. The van der Waals surface area contributed by atoms with Crippen molar-refractivity contribution in [2.45, 2.75) is 12.5 Å². The number of rotatable bonds is 4. The van der Waals surface area contributed by atoms with Gasteiger partial charge in [0.05, 0.1) is 7.11 Å². The minimum atomic E-state index is -0.922. The van der Waals surface area contributed by atoms with Gasteiger partial charge in [0, 0.05) is 22.6 Å². The van der Waals surface area contributed by atoms with E-state index in [0.717, 1.165) is 17.6 Å². The first-order valence-electron chi connectivity index (χ1n) is 5.69. The molecule has 0 aromatic heterocycles. The topological polar surface area (TPSA) is 98.7 Å². The molecule has 110 valence electrons. The Hall–Kier alpha value is -1.50. The molecule has 1 atom stereocenters. The number of urea groups is 1. The standard InChI is InChI=1S/C12H15Cl2N3O3/c1-20-12(19)17(11(16)18)6-9(15)4-7-2-3-8(13)5-10(7)14/h2-3,5,9H,4,6,15H2,1H3,(H2,16,18)/t9-/m1/s1. The maximum Gasteiger partial charge on any atom is 0.417 e. The Kier molecular flexibility index (Phi) is 6.06. The highest BCUT2D eigenvalue weighted by Crippen LogP contribution is 2.22. The predicted molar refractivity (Wildman–Crippen MR) is 76.8 cm³/mol. The summed E-state index contributed by atoms with van der Waals surface area (Å²) in [4.78, 5) is 23.2. The van der Waals surface area contributed by atoms with Crippen LogP contribution in [0, 0.1) is 0 Å². The largest absolute Gasteiger partial charge is 0.452 e. The number of hydrogen-bond acceptors (Lipinski definition) is 4. The van der Waals surface area contributed by atoms with Gasteiger partial charge >= 0.3 is 12.1 Å². The fourth-order valence-corrected chi connectivity index (χ4v) is 2.12. The van der Waals surface area contributed by atoms with Crippen LogP contribution in [-0.2, 0) is 11.2 Å². The first-order valence-corrected chi connectivity index (χ1v) is 6.45. The molecule has 4 N–H and O–H groups in total. The summed E-state index contributed by atoms with van der Waals surface area (Å²) in [6.07, 6.45) is -0.494. The molecule has 0 bridgehead atoms. The highest BCUT2D eigenvalue weighted by molar-refractivity contribution is 6.35. The summed E-state index contributed by atoms with van der Waals surface area (Å²) in [7, 11) is 1.15. The third kappa shape index (κ3) is 4.56. The number of halogens is 2. The first-order chi connectivity index (χ1) is 9.35. The van der Waals surface area contributed by atoms with Gasteiger partial charge in [-0.1, -0.05) is 29.3 Å². The van der Waals surface area contributed by atoms with Gasteiger partial charge in [-0.3, -0.25) is 0 Å². The average molecular weight is 320 g/mol. The van der Waals surface area contributed by atoms with Gasteiger partial charge in [0.2, 0.25) is 0 Å². The smallest absolute Gasteiger partial charge is 0.417 e. The molecular weight excluding hydrogens is 305 g/mol. The monoisotopic (exact) mass is 319 g/mol. The van der Waals surface area contributed by atoms with Crippen LogP contribution in [0.2, 0.25) is 10.0 Å². The van der Waals surface area contributed by atoms with Crippen molar-refractivity contribution in [1.29, 1.82) is 0 Å². The lowest BCUT2D eigenvalue weighted by Crippen LogP contribution is -2.47. The van der Waals surface area contributed by atoms with E-state index in [1.807, 2.05) is 0 Å². The van der Waals surface area contributed by atoms with Crippen molar-refractivity contribution in [3.63, 3.8) is 0 Å². The van der Waals surface area contributed by atoms with Gasteiger partial charge in [-0.15, -0.1) is 0 Å². The van der Waals surface area contributed by atoms with E-state index in [9.17, 15) is 9.59 Å². The van der Waals surface area contributed by atoms with E-state index >= 15 is 0 Å². The molecule has 0 aliphatic rings. The molecule has 0 fully saturated rings. The maximum atomic E-state index is 11.4. The molecule has 6 nitrogen and oxygen atoms in total. The normalized spacial score (nSPS) is 11.8. The zero-order chi connectivity index (χ0) is 15.3. The van der Waals surface area contributed by atoms with E-state index in [1.54, 1.807) is 18.2 Å². The molecule has 0 spiro atoms. The second-order valence-corrected chi connectivity index (χ2v) is 4.96. The average Bonchev–Trinajstić information content (AvgIpc) is 2.38. The molecule has 0 heterocycles. The molecule has 0 saturated heterocycles. The molecule has 0 aliphatic heterocycles. The van der Waals surface area contributed by atoms with Gasteiger partial charge < -0.3 is 16.2 Å². The molecule has 0 unspecified atom stereocenters. The summed E-state index contributed by atoms with van der Waals surface area (Å²) >= 11 is 11.8. The number of benzene rings is 1. The van der Waals surface area contributed by atoms with Crippen molar-refractivity contribution in [2.24, 2.45) is 11.5 Å². The minimum absolute atomic E-state index is 0.0685. The molecule has 3 amide bonds. The molecule has 1 aromatic carbocycles. The van der Waals surface area contributed by atoms with Crippen molar-refractivity contribution in [3.05, 3.63) is 33.8 Å². The third-order valence-corrected chi connectivity index (χ3v) is 3.16. The molecule has 8 heteroatoms. The van der Waals surface area contributed by atoms with Crippen LogP contribution in [0.15, 0.2) is 18.2 Å². The van der Waals surface area contributed by atoms with Crippen molar-refractivity contribution in [1.82, 2.24) is 4.90 Å². The van der Waals surface area contributed by atoms with Crippen LogP contribution < -0.4 is 11.5 Å². The summed E-state index contributed by atoms with van der Waals surface area (Å²) in [5.41, 5.74) is 11.7. The Morgan fingerprint density at radius 2 is 2.05 bits per heavy atom. The van der Waals surface area contributed by atoms with Crippen molar-refractivity contribution < 1.29 is 14.3 Å². The van der Waals surface area contributed by atoms with Crippen LogP contribution in [0.25, 0.3) is 0 Å². The molecule has 0 radical (unpaired) electrons. The van der Waals surface area contributed by atoms with Crippen LogP contribution in [0.1, 0.15) is 5.56 Å². The fourth-order valence-electron chi connectivity index (χ4n) is 1.63. The van der Waals surface area contributed by atoms with Gasteiger partial charge in [-0.2, -0.15) is 0 Å². The van der Waals surface area contributed by atoms with Crippen molar-refractivity contribution >= 4 is 35.3 Å². The number of hydrogen-bond donors (Lipinski definition) is 2.